The zero-order valence-corrected chi connectivity index (χ0v) is 9.86. The SMILES string of the molecule is CC1CC1CNC(=O)c1cc2ccccc2[nH]1. The lowest BCUT2D eigenvalue weighted by atomic mass is 10.2. The Bertz CT molecular complexity index is 525. The molecular weight excluding hydrogens is 212 g/mol. The zero-order chi connectivity index (χ0) is 11.8. The quantitative estimate of drug-likeness (QED) is 0.833. The predicted octanol–water partition coefficient (Wildman–Crippen LogP) is 2.55. The van der Waals surface area contributed by atoms with Crippen LogP contribution in [0.2, 0.25) is 0 Å². The van der Waals surface area contributed by atoms with Gasteiger partial charge in [-0.25, -0.2) is 0 Å². The first-order chi connectivity index (χ1) is 8.24. The molecule has 0 spiro atoms. The molecular formula is C14H16N2O. The molecule has 1 aromatic heterocycles. The topological polar surface area (TPSA) is 44.9 Å². The van der Waals surface area contributed by atoms with Crippen LogP contribution in [0.25, 0.3) is 10.9 Å². The molecule has 1 aliphatic rings. The van der Waals surface area contributed by atoms with Gasteiger partial charge in [0, 0.05) is 17.4 Å². The average molecular weight is 228 g/mol. The third-order valence-corrected chi connectivity index (χ3v) is 3.58. The number of H-pyrrole nitrogens is 1. The smallest absolute Gasteiger partial charge is 0.267 e. The molecule has 1 heterocycles. The van der Waals surface area contributed by atoms with Gasteiger partial charge in [0.1, 0.15) is 5.69 Å². The molecule has 1 amide bonds. The fourth-order valence-corrected chi connectivity index (χ4v) is 2.20. The van der Waals surface area contributed by atoms with E-state index in [2.05, 4.69) is 17.2 Å². The molecule has 2 N–H and O–H groups in total. The van der Waals surface area contributed by atoms with E-state index < -0.39 is 0 Å². The summed E-state index contributed by atoms with van der Waals surface area (Å²) in [6.45, 7) is 3.02. The molecule has 0 bridgehead atoms. The van der Waals surface area contributed by atoms with Crippen LogP contribution < -0.4 is 5.32 Å². The normalized spacial score (nSPS) is 22.6. The van der Waals surface area contributed by atoms with Gasteiger partial charge in [0.15, 0.2) is 0 Å². The van der Waals surface area contributed by atoms with Crippen molar-refractivity contribution in [3.05, 3.63) is 36.0 Å². The van der Waals surface area contributed by atoms with Gasteiger partial charge < -0.3 is 10.3 Å². The van der Waals surface area contributed by atoms with Gasteiger partial charge in [0.2, 0.25) is 0 Å². The molecule has 0 aliphatic heterocycles. The molecule has 1 fully saturated rings. The van der Waals surface area contributed by atoms with Gasteiger partial charge >= 0.3 is 0 Å². The van der Waals surface area contributed by atoms with Gasteiger partial charge in [-0.2, -0.15) is 0 Å². The van der Waals surface area contributed by atoms with Crippen molar-refractivity contribution in [2.24, 2.45) is 11.8 Å². The summed E-state index contributed by atoms with van der Waals surface area (Å²) >= 11 is 0. The lowest BCUT2D eigenvalue weighted by Gasteiger charge is -2.01. The first kappa shape index (κ1) is 10.4. The van der Waals surface area contributed by atoms with Crippen molar-refractivity contribution >= 4 is 16.8 Å². The maximum Gasteiger partial charge on any atom is 0.267 e. The third-order valence-electron chi connectivity index (χ3n) is 3.58. The number of hydrogen-bond acceptors (Lipinski definition) is 1. The number of para-hydroxylation sites is 1. The minimum Gasteiger partial charge on any atom is -0.351 e. The van der Waals surface area contributed by atoms with Crippen molar-refractivity contribution in [3.63, 3.8) is 0 Å². The molecule has 17 heavy (non-hydrogen) atoms. The van der Waals surface area contributed by atoms with Crippen LogP contribution in [0, 0.1) is 11.8 Å². The number of benzene rings is 1. The Morgan fingerprint density at radius 2 is 2.24 bits per heavy atom. The van der Waals surface area contributed by atoms with Crippen LogP contribution in [0.5, 0.6) is 0 Å². The lowest BCUT2D eigenvalue weighted by Crippen LogP contribution is -2.26. The van der Waals surface area contributed by atoms with E-state index in [-0.39, 0.29) is 5.91 Å². The molecule has 0 radical (unpaired) electrons. The summed E-state index contributed by atoms with van der Waals surface area (Å²) in [7, 11) is 0. The van der Waals surface area contributed by atoms with Gasteiger partial charge in [0.25, 0.3) is 5.91 Å². The van der Waals surface area contributed by atoms with Crippen molar-refractivity contribution in [3.8, 4) is 0 Å². The summed E-state index contributed by atoms with van der Waals surface area (Å²) in [5.74, 6) is 1.46. The zero-order valence-electron chi connectivity index (χ0n) is 9.86. The van der Waals surface area contributed by atoms with Crippen molar-refractivity contribution in [2.75, 3.05) is 6.54 Å². The van der Waals surface area contributed by atoms with Crippen LogP contribution in [-0.2, 0) is 0 Å². The van der Waals surface area contributed by atoms with E-state index in [1.54, 1.807) is 0 Å². The van der Waals surface area contributed by atoms with Crippen LogP contribution in [0.3, 0.4) is 0 Å². The monoisotopic (exact) mass is 228 g/mol. The highest BCUT2D eigenvalue weighted by Gasteiger charge is 2.32. The van der Waals surface area contributed by atoms with Crippen molar-refractivity contribution in [2.45, 2.75) is 13.3 Å². The number of fused-ring (bicyclic) bond motifs is 1. The summed E-state index contributed by atoms with van der Waals surface area (Å²) in [6.07, 6.45) is 1.24. The predicted molar refractivity (Wildman–Crippen MR) is 67.9 cm³/mol. The number of nitrogens with one attached hydrogen (secondary N) is 2. The molecule has 1 saturated carbocycles. The van der Waals surface area contributed by atoms with E-state index in [0.717, 1.165) is 23.4 Å². The number of carbonyl (C=O) groups excluding carboxylic acids is 1. The molecule has 3 rings (SSSR count). The standard InChI is InChI=1S/C14H16N2O/c1-9-6-11(9)8-15-14(17)13-7-10-4-2-3-5-12(10)16-13/h2-5,7,9,11,16H,6,8H2,1H3,(H,15,17). The first-order valence-electron chi connectivity index (χ1n) is 6.10. The molecule has 88 valence electrons. The third kappa shape index (κ3) is 2.05. The van der Waals surface area contributed by atoms with Crippen molar-refractivity contribution < 1.29 is 4.79 Å². The highest BCUT2D eigenvalue weighted by atomic mass is 16.1. The highest BCUT2D eigenvalue weighted by Crippen LogP contribution is 2.36. The molecule has 1 aliphatic carbocycles. The molecule has 1 aromatic carbocycles. The Hall–Kier alpha value is -1.77. The maximum absolute atomic E-state index is 11.9. The van der Waals surface area contributed by atoms with E-state index in [0.29, 0.717) is 11.6 Å². The molecule has 3 heteroatoms. The van der Waals surface area contributed by atoms with E-state index in [9.17, 15) is 4.79 Å². The molecule has 2 atom stereocenters. The van der Waals surface area contributed by atoms with E-state index >= 15 is 0 Å². The molecule has 2 unspecified atom stereocenters. The molecule has 2 aromatic rings. The number of aromatic amines is 1. The fraction of sp³-hybridized carbons (Fsp3) is 0.357. The summed E-state index contributed by atoms with van der Waals surface area (Å²) in [6, 6.07) is 9.83. The number of amides is 1. The number of hydrogen-bond donors (Lipinski definition) is 2. The highest BCUT2D eigenvalue weighted by molar-refractivity contribution is 5.97. The van der Waals surface area contributed by atoms with Gasteiger partial charge in [0.05, 0.1) is 0 Å². The second-order valence-corrected chi connectivity index (χ2v) is 4.95. The second kappa shape index (κ2) is 3.91. The van der Waals surface area contributed by atoms with Crippen LogP contribution in [0.15, 0.2) is 30.3 Å². The minimum absolute atomic E-state index is 0.000278. The number of carbonyl (C=O) groups is 1. The fourth-order valence-electron chi connectivity index (χ4n) is 2.20. The van der Waals surface area contributed by atoms with Crippen LogP contribution in [0.1, 0.15) is 23.8 Å². The minimum atomic E-state index is 0.000278. The van der Waals surface area contributed by atoms with E-state index in [1.807, 2.05) is 30.3 Å². The van der Waals surface area contributed by atoms with Gasteiger partial charge in [-0.3, -0.25) is 4.79 Å². The Morgan fingerprint density at radius 1 is 1.47 bits per heavy atom. The van der Waals surface area contributed by atoms with Gasteiger partial charge in [-0.05, 0) is 30.4 Å². The summed E-state index contributed by atoms with van der Waals surface area (Å²) in [5.41, 5.74) is 1.66. The van der Waals surface area contributed by atoms with E-state index in [4.69, 9.17) is 0 Å². The molecule has 0 saturated heterocycles. The van der Waals surface area contributed by atoms with Gasteiger partial charge in [-0.1, -0.05) is 25.1 Å². The summed E-state index contributed by atoms with van der Waals surface area (Å²) < 4.78 is 0. The Balaban J connectivity index is 1.72. The second-order valence-electron chi connectivity index (χ2n) is 4.95. The van der Waals surface area contributed by atoms with Gasteiger partial charge in [-0.15, -0.1) is 0 Å². The van der Waals surface area contributed by atoms with Crippen LogP contribution in [-0.4, -0.2) is 17.4 Å². The maximum atomic E-state index is 11.9. The van der Waals surface area contributed by atoms with Crippen LogP contribution in [0.4, 0.5) is 0 Å². The molecule has 3 nitrogen and oxygen atoms in total. The van der Waals surface area contributed by atoms with Crippen molar-refractivity contribution in [1.29, 1.82) is 0 Å². The summed E-state index contributed by atoms with van der Waals surface area (Å²) in [4.78, 5) is 15.0. The largest absolute Gasteiger partial charge is 0.351 e. The number of aromatic nitrogens is 1. The average Bonchev–Trinajstić information content (AvgIpc) is 2.89. The number of rotatable bonds is 3. The Kier molecular flexibility index (Phi) is 2.39. The lowest BCUT2D eigenvalue weighted by molar-refractivity contribution is 0.0947. The Morgan fingerprint density at radius 3 is 2.94 bits per heavy atom. The van der Waals surface area contributed by atoms with Crippen molar-refractivity contribution in [1.82, 2.24) is 10.3 Å². The Labute approximate surface area is 100 Å². The van der Waals surface area contributed by atoms with Crippen LogP contribution >= 0.6 is 0 Å². The first-order valence-corrected chi connectivity index (χ1v) is 6.10. The van der Waals surface area contributed by atoms with E-state index in [1.165, 1.54) is 6.42 Å². The summed E-state index contributed by atoms with van der Waals surface area (Å²) in [5, 5.41) is 4.06.